The molecule has 1 heterocycles. The molecule has 0 atom stereocenters. The molecule has 0 bridgehead atoms. The van der Waals surface area contributed by atoms with Gasteiger partial charge in [-0.15, -0.1) is 0 Å². The van der Waals surface area contributed by atoms with Crippen molar-refractivity contribution in [2.75, 3.05) is 85.7 Å². The van der Waals surface area contributed by atoms with E-state index >= 15 is 0 Å². The summed E-state index contributed by atoms with van der Waals surface area (Å²) in [6, 6.07) is 19.7. The van der Waals surface area contributed by atoms with Gasteiger partial charge in [0.25, 0.3) is 0 Å². The zero-order valence-corrected chi connectivity index (χ0v) is 21.1. The van der Waals surface area contributed by atoms with Crippen LogP contribution in [0.25, 0.3) is 21.5 Å². The molecule has 0 aromatic heterocycles. The van der Waals surface area contributed by atoms with Gasteiger partial charge in [-0.25, -0.2) is 0 Å². The number of ether oxygens (including phenoxy) is 5. The molecule has 7 heteroatoms. The van der Waals surface area contributed by atoms with Crippen LogP contribution in [-0.2, 0) is 30.1 Å². The third-order valence-corrected chi connectivity index (χ3v) is 6.15. The van der Waals surface area contributed by atoms with Gasteiger partial charge in [0.05, 0.1) is 66.1 Å². The van der Waals surface area contributed by atoms with Gasteiger partial charge >= 0.3 is 18.9 Å². The molecule has 35 heavy (non-hydrogen) atoms. The van der Waals surface area contributed by atoms with Crippen molar-refractivity contribution in [3.8, 4) is 0 Å². The van der Waals surface area contributed by atoms with Crippen molar-refractivity contribution in [1.29, 1.82) is 0 Å². The Hall–Kier alpha value is -1.46. The number of benzene rings is 3. The molecule has 184 valence electrons. The van der Waals surface area contributed by atoms with Crippen molar-refractivity contribution in [3.63, 3.8) is 0 Å². The van der Waals surface area contributed by atoms with Crippen molar-refractivity contribution in [1.82, 2.24) is 4.90 Å². The monoisotopic (exact) mass is 474 g/mol. The second kappa shape index (κ2) is 16.3. The Morgan fingerprint density at radius 1 is 0.543 bits per heavy atom. The van der Waals surface area contributed by atoms with Gasteiger partial charge in [-0.3, -0.25) is 4.90 Å². The molecular weight excluding hydrogens is 437 g/mol. The predicted octanol–water partition coefficient (Wildman–Crippen LogP) is 0.938. The largest absolute Gasteiger partial charge is 1.00 e. The minimum absolute atomic E-state index is 0. The molecule has 0 unspecified atom stereocenters. The molecule has 0 aliphatic carbocycles. The van der Waals surface area contributed by atoms with Gasteiger partial charge in [-0.1, -0.05) is 48.5 Å². The summed E-state index contributed by atoms with van der Waals surface area (Å²) in [6.45, 7) is 8.74. The molecule has 1 saturated heterocycles. The van der Waals surface area contributed by atoms with Gasteiger partial charge in [0.2, 0.25) is 0 Å². The third-order valence-electron chi connectivity index (χ3n) is 6.15. The van der Waals surface area contributed by atoms with E-state index in [2.05, 4.69) is 59.5 Å². The summed E-state index contributed by atoms with van der Waals surface area (Å²) in [5.74, 6) is 0. The maximum absolute atomic E-state index is 5.83. The first-order valence-corrected chi connectivity index (χ1v) is 12.4. The maximum atomic E-state index is 5.83. The summed E-state index contributed by atoms with van der Waals surface area (Å²) in [5.41, 5.74) is 1.42. The second-order valence-electron chi connectivity index (χ2n) is 8.45. The van der Waals surface area contributed by atoms with Crippen LogP contribution in [0.3, 0.4) is 0 Å². The van der Waals surface area contributed by atoms with Crippen molar-refractivity contribution in [2.24, 2.45) is 0 Å². The average Bonchev–Trinajstić information content (AvgIpc) is 2.87. The van der Waals surface area contributed by atoms with Crippen molar-refractivity contribution < 1.29 is 42.5 Å². The van der Waals surface area contributed by atoms with Crippen molar-refractivity contribution >= 4 is 21.5 Å². The van der Waals surface area contributed by atoms with Crippen molar-refractivity contribution in [3.05, 3.63) is 60.2 Å². The first-order valence-electron chi connectivity index (χ1n) is 12.4. The van der Waals surface area contributed by atoms with Gasteiger partial charge in [0.1, 0.15) is 0 Å². The summed E-state index contributed by atoms with van der Waals surface area (Å²) < 4.78 is 28.3. The molecule has 1 aliphatic heterocycles. The summed E-state index contributed by atoms with van der Waals surface area (Å²) in [6.07, 6.45) is 0.980. The zero-order chi connectivity index (χ0) is 23.3. The molecule has 3 aromatic carbocycles. The van der Waals surface area contributed by atoms with Gasteiger partial charge < -0.3 is 23.7 Å². The SMILES string of the molecule is [Li+].c1ccc2c(CCN3CCOCCOCCOCCOCCOCC3)c3ccccc3cc2c1. The van der Waals surface area contributed by atoms with Gasteiger partial charge in [0.15, 0.2) is 0 Å². The Bertz CT molecular complexity index is 929. The topological polar surface area (TPSA) is 49.4 Å². The Kier molecular flexibility index (Phi) is 13.1. The Balaban J connectivity index is 0.00000342. The van der Waals surface area contributed by atoms with Crippen LogP contribution in [0.5, 0.6) is 0 Å². The quantitative estimate of drug-likeness (QED) is 0.416. The summed E-state index contributed by atoms with van der Waals surface area (Å²) >= 11 is 0. The van der Waals surface area contributed by atoms with Crippen LogP contribution < -0.4 is 18.9 Å². The summed E-state index contributed by atoms with van der Waals surface area (Å²) in [7, 11) is 0. The minimum Gasteiger partial charge on any atom is -0.378 e. The number of nitrogens with zero attached hydrogens (tertiary/aromatic N) is 1. The molecule has 0 radical (unpaired) electrons. The second-order valence-corrected chi connectivity index (χ2v) is 8.45. The van der Waals surface area contributed by atoms with E-state index in [0.29, 0.717) is 66.1 Å². The normalized spacial score (nSPS) is 18.5. The fourth-order valence-corrected chi connectivity index (χ4v) is 4.35. The number of hydrogen-bond acceptors (Lipinski definition) is 6. The Morgan fingerprint density at radius 3 is 1.40 bits per heavy atom. The zero-order valence-electron chi connectivity index (χ0n) is 21.1. The van der Waals surface area contributed by atoms with E-state index in [1.807, 2.05) is 0 Å². The van der Waals surface area contributed by atoms with E-state index < -0.39 is 0 Å². The molecule has 0 amide bonds. The van der Waals surface area contributed by atoms with Crippen LogP contribution in [-0.4, -0.2) is 90.6 Å². The molecule has 0 spiro atoms. The van der Waals surface area contributed by atoms with E-state index in [1.165, 1.54) is 27.1 Å². The number of rotatable bonds is 3. The van der Waals surface area contributed by atoms with E-state index in [-0.39, 0.29) is 18.9 Å². The van der Waals surface area contributed by atoms with E-state index in [1.54, 1.807) is 0 Å². The molecule has 3 aromatic rings. The Morgan fingerprint density at radius 2 is 0.943 bits per heavy atom. The smallest absolute Gasteiger partial charge is 0.378 e. The van der Waals surface area contributed by atoms with E-state index in [4.69, 9.17) is 23.7 Å². The number of hydrogen-bond donors (Lipinski definition) is 0. The van der Waals surface area contributed by atoms with Crippen molar-refractivity contribution in [2.45, 2.75) is 6.42 Å². The standard InChI is InChI=1S/C28H37NO5.Li/c1-3-7-26-24(5-1)23-25-6-2-4-8-27(25)28(26)9-10-29-11-13-30-15-17-32-19-21-34-22-20-33-18-16-31-14-12-29;/h1-8,23H,9-22H2;/q;+1. The molecule has 4 rings (SSSR count). The van der Waals surface area contributed by atoms with E-state index in [9.17, 15) is 0 Å². The first kappa shape index (κ1) is 28.1. The maximum Gasteiger partial charge on any atom is 1.00 e. The van der Waals surface area contributed by atoms with Crippen LogP contribution in [0, 0.1) is 0 Å². The minimum atomic E-state index is 0. The molecule has 1 aliphatic rings. The molecule has 1 fully saturated rings. The van der Waals surface area contributed by atoms with Gasteiger partial charge in [0, 0.05) is 19.6 Å². The predicted molar refractivity (Wildman–Crippen MR) is 136 cm³/mol. The molecule has 6 nitrogen and oxygen atoms in total. The number of fused-ring (bicyclic) bond motifs is 2. The van der Waals surface area contributed by atoms with Crippen LogP contribution in [0.4, 0.5) is 0 Å². The van der Waals surface area contributed by atoms with Crippen LogP contribution >= 0.6 is 0 Å². The van der Waals surface area contributed by atoms with Crippen LogP contribution in [0.2, 0.25) is 0 Å². The third kappa shape index (κ3) is 9.17. The van der Waals surface area contributed by atoms with Gasteiger partial charge in [-0.2, -0.15) is 0 Å². The van der Waals surface area contributed by atoms with Crippen LogP contribution in [0.1, 0.15) is 5.56 Å². The average molecular weight is 475 g/mol. The molecule has 0 N–H and O–H groups in total. The molecular formula is C28H37LiNO5+. The summed E-state index contributed by atoms with van der Waals surface area (Å²) in [4.78, 5) is 2.44. The van der Waals surface area contributed by atoms with Crippen LogP contribution in [0.15, 0.2) is 54.6 Å². The molecule has 0 saturated carbocycles. The summed E-state index contributed by atoms with van der Waals surface area (Å²) in [5, 5.41) is 5.28. The Labute approximate surface area is 221 Å². The first-order chi connectivity index (χ1) is 16.9. The van der Waals surface area contributed by atoms with Gasteiger partial charge in [-0.05, 0) is 39.6 Å². The fourth-order valence-electron chi connectivity index (χ4n) is 4.35. The fraction of sp³-hybridized carbons (Fsp3) is 0.500. The van der Waals surface area contributed by atoms with E-state index in [0.717, 1.165) is 26.1 Å².